The number of halogens is 3. The van der Waals surface area contributed by atoms with Crippen LogP contribution < -0.4 is 16.1 Å². The van der Waals surface area contributed by atoms with Crippen molar-refractivity contribution >= 4 is 17.9 Å². The summed E-state index contributed by atoms with van der Waals surface area (Å²) in [4.78, 5) is 36.7. The molecule has 0 aliphatic heterocycles. The lowest BCUT2D eigenvalue weighted by molar-refractivity contribution is -0.276. The largest absolute Gasteiger partial charge is 0.444 e. The third-order valence-electron chi connectivity index (χ3n) is 5.67. The molecule has 0 spiro atoms. The monoisotopic (exact) mass is 519 g/mol. The van der Waals surface area contributed by atoms with Crippen LogP contribution in [0.3, 0.4) is 0 Å². The number of nitrogens with one attached hydrogen (secondary N) is 3. The molecule has 0 aliphatic rings. The summed E-state index contributed by atoms with van der Waals surface area (Å²) in [6.45, 7) is 4.98. The molecule has 3 amide bonds. The number of benzene rings is 1. The summed E-state index contributed by atoms with van der Waals surface area (Å²) < 4.78 is 47.4. The molecule has 0 heterocycles. The van der Waals surface area contributed by atoms with Gasteiger partial charge in [0.05, 0.1) is 0 Å². The molecular weight excluding hydrogens is 483 g/mol. The van der Waals surface area contributed by atoms with Crippen LogP contribution in [0.4, 0.5) is 18.0 Å². The van der Waals surface area contributed by atoms with Gasteiger partial charge in [0.2, 0.25) is 11.5 Å². The summed E-state index contributed by atoms with van der Waals surface area (Å²) in [5.41, 5.74) is -3.05. The average Bonchev–Trinajstić information content (AvgIpc) is 2.79. The van der Waals surface area contributed by atoms with Crippen LogP contribution in [-0.2, 0) is 20.7 Å². The van der Waals surface area contributed by atoms with Gasteiger partial charge in [0, 0.05) is 25.4 Å². The van der Waals surface area contributed by atoms with Crippen molar-refractivity contribution in [2.75, 3.05) is 13.6 Å². The molecule has 0 bridgehead atoms. The number of hydrogen-bond acceptors (Lipinski definition) is 6. The number of alkyl halides is 3. The molecule has 0 saturated heterocycles. The molecule has 1 aromatic rings. The first kappa shape index (κ1) is 31.2. The summed E-state index contributed by atoms with van der Waals surface area (Å²) in [5.74, 6) is -6.27. The van der Waals surface area contributed by atoms with E-state index >= 15 is 0 Å². The maximum atomic E-state index is 14.1. The lowest BCUT2D eigenvalue weighted by Crippen LogP contribution is -2.63. The van der Waals surface area contributed by atoms with Gasteiger partial charge < -0.3 is 20.5 Å². The molecule has 36 heavy (non-hydrogen) atoms. The van der Waals surface area contributed by atoms with Crippen molar-refractivity contribution in [2.24, 2.45) is 11.8 Å². The standard InChI is InChI=1S/C24H36F3N3O6/c1-22(2,3)36-21(33)29-15-9-13-17(19(31)28-4)18(14-8-12-16-10-6-5-7-11-16)23(34,20(32)30-35)24(25,26)27/h5-7,10-11,17-18,34-35H,8-9,12-15H2,1-4H3,(H,28,31)(H,29,33)(H,30,32)/t17-,18+,23-/m0/s1. The van der Waals surface area contributed by atoms with Crippen molar-refractivity contribution < 1.29 is 42.6 Å². The Kier molecular flexibility index (Phi) is 11.6. The number of alkyl carbamates (subject to hydrolysis) is 1. The highest BCUT2D eigenvalue weighted by molar-refractivity contribution is 5.87. The van der Waals surface area contributed by atoms with E-state index in [1.165, 1.54) is 7.05 Å². The molecule has 0 radical (unpaired) electrons. The van der Waals surface area contributed by atoms with Crippen LogP contribution >= 0.6 is 0 Å². The fourth-order valence-corrected chi connectivity index (χ4v) is 3.99. The predicted molar refractivity (Wildman–Crippen MR) is 125 cm³/mol. The van der Waals surface area contributed by atoms with E-state index in [2.05, 4.69) is 10.6 Å². The van der Waals surface area contributed by atoms with Crippen LogP contribution in [0.5, 0.6) is 0 Å². The smallest absolute Gasteiger partial charge is 0.426 e. The van der Waals surface area contributed by atoms with Gasteiger partial charge in [-0.15, -0.1) is 0 Å². The van der Waals surface area contributed by atoms with Gasteiger partial charge in [-0.2, -0.15) is 13.2 Å². The summed E-state index contributed by atoms with van der Waals surface area (Å²) in [7, 11) is 1.23. The normalized spacial score (nSPS) is 15.2. The Balaban J connectivity index is 3.17. The molecule has 5 N–H and O–H groups in total. The highest BCUT2D eigenvalue weighted by Crippen LogP contribution is 2.43. The quantitative estimate of drug-likeness (QED) is 0.164. The fourth-order valence-electron chi connectivity index (χ4n) is 3.99. The molecule has 9 nitrogen and oxygen atoms in total. The van der Waals surface area contributed by atoms with Crippen molar-refractivity contribution in [1.82, 2.24) is 16.1 Å². The van der Waals surface area contributed by atoms with Gasteiger partial charge in [0.1, 0.15) is 5.60 Å². The molecule has 0 saturated carbocycles. The summed E-state index contributed by atoms with van der Waals surface area (Å²) in [6.07, 6.45) is -6.25. The molecule has 0 aromatic heterocycles. The Morgan fingerprint density at radius 3 is 2.14 bits per heavy atom. The minimum atomic E-state index is -5.49. The Hall–Kier alpha value is -2.86. The molecule has 12 heteroatoms. The number of aryl methyl sites for hydroxylation is 1. The first-order chi connectivity index (χ1) is 16.7. The van der Waals surface area contributed by atoms with Gasteiger partial charge in [-0.3, -0.25) is 14.8 Å². The maximum absolute atomic E-state index is 14.1. The van der Waals surface area contributed by atoms with Crippen LogP contribution in [0.2, 0.25) is 0 Å². The first-order valence-electron chi connectivity index (χ1n) is 11.6. The maximum Gasteiger partial charge on any atom is 0.426 e. The lowest BCUT2D eigenvalue weighted by Gasteiger charge is -2.39. The van der Waals surface area contributed by atoms with Gasteiger partial charge in [-0.1, -0.05) is 30.3 Å². The summed E-state index contributed by atoms with van der Waals surface area (Å²) in [6, 6.07) is 8.88. The molecule has 204 valence electrons. The molecule has 3 atom stereocenters. The number of carbonyl (C=O) groups is 3. The number of amides is 3. The second-order valence-corrected chi connectivity index (χ2v) is 9.48. The Bertz CT molecular complexity index is 861. The Morgan fingerprint density at radius 1 is 1.03 bits per heavy atom. The first-order valence-corrected chi connectivity index (χ1v) is 11.6. The minimum Gasteiger partial charge on any atom is -0.444 e. The van der Waals surface area contributed by atoms with E-state index in [9.17, 15) is 32.7 Å². The lowest BCUT2D eigenvalue weighted by atomic mass is 9.71. The zero-order valence-electron chi connectivity index (χ0n) is 20.9. The van der Waals surface area contributed by atoms with Gasteiger partial charge >= 0.3 is 12.3 Å². The Labute approximate surface area is 208 Å². The van der Waals surface area contributed by atoms with Gasteiger partial charge in [-0.05, 0) is 58.4 Å². The Morgan fingerprint density at radius 2 is 1.64 bits per heavy atom. The number of carbonyl (C=O) groups excluding carboxylic acids is 3. The van der Waals surface area contributed by atoms with Crippen molar-refractivity contribution in [1.29, 1.82) is 0 Å². The highest BCUT2D eigenvalue weighted by Gasteiger charge is 2.65. The summed E-state index contributed by atoms with van der Waals surface area (Å²) in [5, 5.41) is 24.5. The van der Waals surface area contributed by atoms with Crippen molar-refractivity contribution in [3.8, 4) is 0 Å². The van der Waals surface area contributed by atoms with Gasteiger partial charge in [0.15, 0.2) is 0 Å². The van der Waals surface area contributed by atoms with Crippen LogP contribution in [0, 0.1) is 11.8 Å². The number of hydrogen-bond donors (Lipinski definition) is 5. The molecule has 0 fully saturated rings. The third-order valence-corrected chi connectivity index (χ3v) is 5.67. The van der Waals surface area contributed by atoms with Crippen LogP contribution in [0.15, 0.2) is 30.3 Å². The van der Waals surface area contributed by atoms with E-state index < -0.39 is 47.1 Å². The van der Waals surface area contributed by atoms with Gasteiger partial charge in [-0.25, -0.2) is 10.3 Å². The second kappa shape index (κ2) is 13.4. The highest BCUT2D eigenvalue weighted by atomic mass is 19.4. The zero-order valence-corrected chi connectivity index (χ0v) is 20.9. The average molecular weight is 520 g/mol. The second-order valence-electron chi connectivity index (χ2n) is 9.48. The third kappa shape index (κ3) is 8.98. The topological polar surface area (TPSA) is 137 Å². The van der Waals surface area contributed by atoms with E-state index in [0.29, 0.717) is 6.42 Å². The van der Waals surface area contributed by atoms with Crippen LogP contribution in [0.25, 0.3) is 0 Å². The van der Waals surface area contributed by atoms with Crippen molar-refractivity contribution in [2.45, 2.75) is 70.3 Å². The molecule has 1 rings (SSSR count). The van der Waals surface area contributed by atoms with E-state index in [-0.39, 0.29) is 32.2 Å². The number of aliphatic hydroxyl groups is 1. The minimum absolute atomic E-state index is 0.0181. The van der Waals surface area contributed by atoms with Crippen molar-refractivity contribution in [3.63, 3.8) is 0 Å². The fraction of sp³-hybridized carbons (Fsp3) is 0.625. The van der Waals surface area contributed by atoms with E-state index in [1.54, 1.807) is 51.1 Å². The zero-order chi connectivity index (χ0) is 27.6. The molecule has 0 aliphatic carbocycles. The van der Waals surface area contributed by atoms with E-state index in [4.69, 9.17) is 9.94 Å². The number of hydroxylamine groups is 1. The van der Waals surface area contributed by atoms with Crippen LogP contribution in [-0.4, -0.2) is 59.2 Å². The van der Waals surface area contributed by atoms with Gasteiger partial charge in [0.25, 0.3) is 5.91 Å². The molecular formula is C24H36F3N3O6. The molecule has 0 unspecified atom stereocenters. The SMILES string of the molecule is CNC(=O)[C@@H](CCCNC(=O)OC(C)(C)C)[C@@H](CCCc1ccccc1)[C@](O)(C(=O)NO)C(F)(F)F. The summed E-state index contributed by atoms with van der Waals surface area (Å²) >= 11 is 0. The van der Waals surface area contributed by atoms with E-state index in [1.807, 2.05) is 0 Å². The number of ether oxygens (including phenoxy) is 1. The van der Waals surface area contributed by atoms with Crippen LogP contribution in [0.1, 0.15) is 52.0 Å². The predicted octanol–water partition coefficient (Wildman–Crippen LogP) is 3.09. The van der Waals surface area contributed by atoms with Crippen molar-refractivity contribution in [3.05, 3.63) is 35.9 Å². The molecule has 1 aromatic carbocycles. The van der Waals surface area contributed by atoms with E-state index in [0.717, 1.165) is 11.0 Å². The number of rotatable bonds is 12.